The molecular formula is C44H54N8O12. The number of nitrogens with zero attached hydrogens (tertiary/aromatic N) is 3. The van der Waals surface area contributed by atoms with E-state index >= 15 is 0 Å². The van der Waals surface area contributed by atoms with Gasteiger partial charge in [0, 0.05) is 44.4 Å². The first-order valence-corrected chi connectivity index (χ1v) is 21.2. The van der Waals surface area contributed by atoms with Gasteiger partial charge >= 0.3 is 0 Å². The Hall–Kier alpha value is -6.32. The zero-order valence-corrected chi connectivity index (χ0v) is 35.4. The van der Waals surface area contributed by atoms with Gasteiger partial charge in [0.2, 0.25) is 29.5 Å². The van der Waals surface area contributed by atoms with Gasteiger partial charge in [-0.25, -0.2) is 4.98 Å². The van der Waals surface area contributed by atoms with Crippen molar-refractivity contribution in [2.75, 3.05) is 38.2 Å². The van der Waals surface area contributed by atoms with E-state index in [1.807, 2.05) is 54.6 Å². The van der Waals surface area contributed by atoms with Crippen molar-refractivity contribution in [3.63, 3.8) is 0 Å². The highest BCUT2D eigenvalue weighted by molar-refractivity contribution is 6.11. The average molecular weight is 887 g/mol. The first-order valence-electron chi connectivity index (χ1n) is 21.2. The number of nitrogens with two attached hydrogens (primary N) is 1. The third-order valence-corrected chi connectivity index (χ3v) is 11.2. The third kappa shape index (κ3) is 11.8. The predicted octanol–water partition coefficient (Wildman–Crippen LogP) is 1.53. The molecule has 5 amide bonds. The molecule has 2 aliphatic heterocycles. The monoisotopic (exact) mass is 886 g/mol. The topological polar surface area (TPSA) is 287 Å². The summed E-state index contributed by atoms with van der Waals surface area (Å²) in [6, 6.07) is 18.0. The van der Waals surface area contributed by atoms with Crippen molar-refractivity contribution in [3.05, 3.63) is 88.5 Å². The number of pyridine rings is 1. The highest BCUT2D eigenvalue weighted by Crippen LogP contribution is 2.36. The number of para-hydroxylation sites is 1. The molecule has 0 aliphatic carbocycles. The molecule has 4 aromatic rings. The number of aliphatic hydroxyl groups is 2. The van der Waals surface area contributed by atoms with Gasteiger partial charge in [0.1, 0.15) is 48.4 Å². The van der Waals surface area contributed by atoms with Crippen LogP contribution in [0.5, 0.6) is 0 Å². The fourth-order valence-corrected chi connectivity index (χ4v) is 8.01. The van der Waals surface area contributed by atoms with Crippen molar-refractivity contribution in [2.24, 2.45) is 5.73 Å². The molecule has 3 aromatic carbocycles. The van der Waals surface area contributed by atoms with E-state index in [9.17, 15) is 44.3 Å². The minimum atomic E-state index is -1.47. The van der Waals surface area contributed by atoms with Crippen LogP contribution in [0.2, 0.25) is 0 Å². The van der Waals surface area contributed by atoms with Gasteiger partial charge in [-0.15, -0.1) is 0 Å². The summed E-state index contributed by atoms with van der Waals surface area (Å²) in [4.78, 5) is 81.8. The maximum Gasteiger partial charge on any atom is 0.280 e. The Morgan fingerprint density at radius 2 is 1.73 bits per heavy atom. The smallest absolute Gasteiger partial charge is 0.280 e. The minimum Gasteiger partial charge on any atom is -0.394 e. The lowest BCUT2D eigenvalue weighted by atomic mass is 9.96. The molecule has 20 heteroatoms. The first kappa shape index (κ1) is 47.2. The lowest BCUT2D eigenvalue weighted by molar-refractivity contribution is -0.383. The number of carbonyl (C=O) groups is 5. The second kappa shape index (κ2) is 22.3. The number of anilines is 1. The lowest BCUT2D eigenvalue weighted by Crippen LogP contribution is -2.65. The summed E-state index contributed by atoms with van der Waals surface area (Å²) in [6.07, 6.45) is -3.35. The number of amides is 5. The number of aliphatic hydroxyl groups excluding tert-OH is 2. The molecule has 7 atom stereocenters. The van der Waals surface area contributed by atoms with Crippen LogP contribution in [0.4, 0.5) is 11.4 Å². The molecule has 6 rings (SSSR count). The molecule has 1 aromatic heterocycles. The second-order valence-electron chi connectivity index (χ2n) is 15.7. The number of primary amides is 1. The van der Waals surface area contributed by atoms with Crippen LogP contribution in [0, 0.1) is 10.1 Å². The van der Waals surface area contributed by atoms with Crippen LogP contribution in [0.25, 0.3) is 21.8 Å². The fourth-order valence-electron chi connectivity index (χ4n) is 8.01. The van der Waals surface area contributed by atoms with Crippen molar-refractivity contribution in [2.45, 2.75) is 94.8 Å². The van der Waals surface area contributed by atoms with Gasteiger partial charge in [-0.3, -0.25) is 34.1 Å². The molecule has 3 heterocycles. The number of nitrogens with one attached hydrogen (secondary N) is 4. The van der Waals surface area contributed by atoms with Crippen molar-refractivity contribution < 1.29 is 53.3 Å². The summed E-state index contributed by atoms with van der Waals surface area (Å²) in [7, 11) is 0. The van der Waals surface area contributed by atoms with Gasteiger partial charge in [-0.1, -0.05) is 54.6 Å². The van der Waals surface area contributed by atoms with E-state index in [-0.39, 0.29) is 44.0 Å². The number of unbranched alkanes of at least 4 members (excludes halogenated alkanes) is 1. The molecular weight excluding hydrogens is 833 g/mol. The fraction of sp³-hybridized carbons (Fsp3) is 0.455. The zero-order chi connectivity index (χ0) is 45.8. The summed E-state index contributed by atoms with van der Waals surface area (Å²) >= 11 is 0. The molecule has 20 nitrogen and oxygen atoms in total. The Labute approximate surface area is 368 Å². The summed E-state index contributed by atoms with van der Waals surface area (Å²) in [5, 5.41) is 45.5. The van der Waals surface area contributed by atoms with E-state index in [2.05, 4.69) is 26.3 Å². The summed E-state index contributed by atoms with van der Waals surface area (Å²) in [5.74, 6) is -2.95. The number of hydrogen-bond donors (Lipinski definition) is 7. The summed E-state index contributed by atoms with van der Waals surface area (Å²) in [6.45, 7) is 1.08. The predicted molar refractivity (Wildman–Crippen MR) is 232 cm³/mol. The number of aromatic nitrogens is 1. The van der Waals surface area contributed by atoms with Crippen LogP contribution in [0.15, 0.2) is 72.8 Å². The van der Waals surface area contributed by atoms with Gasteiger partial charge in [0.25, 0.3) is 5.69 Å². The number of carbonyl (C=O) groups excluding carboxylic acids is 5. The SMILES string of the molecule is CC(=O)NC1C(OCc2ccccc2)OC(CO)C(O)C1OCC(=O)N1CCCC1C(=O)NC(CCC(=O)NCCCCNc1c2ccccc2nc2cccc([N+](=O)[O-])c12)C(N)=O. The number of benzene rings is 3. The van der Waals surface area contributed by atoms with Crippen LogP contribution in [-0.2, 0) is 44.8 Å². The maximum atomic E-state index is 13.6. The Balaban J connectivity index is 0.968. The average Bonchev–Trinajstić information content (AvgIpc) is 3.78. The molecule has 2 aliphatic rings. The Morgan fingerprint density at radius 3 is 2.47 bits per heavy atom. The molecule has 8 N–H and O–H groups in total. The molecule has 7 unspecified atom stereocenters. The maximum absolute atomic E-state index is 13.6. The molecule has 342 valence electrons. The molecule has 0 radical (unpaired) electrons. The quantitative estimate of drug-likeness (QED) is 0.0271. The summed E-state index contributed by atoms with van der Waals surface area (Å²) in [5.41, 5.74) is 8.16. The van der Waals surface area contributed by atoms with Crippen LogP contribution in [0.1, 0.15) is 51.0 Å². The van der Waals surface area contributed by atoms with E-state index in [4.69, 9.17) is 19.9 Å². The third-order valence-electron chi connectivity index (χ3n) is 11.2. The van der Waals surface area contributed by atoms with Gasteiger partial charge < -0.3 is 56.3 Å². The van der Waals surface area contributed by atoms with Crippen LogP contribution in [0.3, 0.4) is 0 Å². The zero-order valence-electron chi connectivity index (χ0n) is 35.4. The van der Waals surface area contributed by atoms with E-state index in [1.165, 1.54) is 17.9 Å². The first-order chi connectivity index (χ1) is 30.9. The number of non-ortho nitro benzene ring substituents is 1. The Morgan fingerprint density at radius 1 is 1.00 bits per heavy atom. The molecule has 0 spiro atoms. The second-order valence-corrected chi connectivity index (χ2v) is 15.7. The van der Waals surface area contributed by atoms with Gasteiger partial charge in [-0.05, 0) is 49.8 Å². The molecule has 0 saturated carbocycles. The molecule has 2 fully saturated rings. The molecule has 0 bridgehead atoms. The number of rotatable bonds is 21. The number of fused-ring (bicyclic) bond motifs is 2. The van der Waals surface area contributed by atoms with Gasteiger partial charge in [0.05, 0.1) is 34.9 Å². The minimum absolute atomic E-state index is 0.0563. The number of likely N-dealkylation sites (tertiary alicyclic amines) is 1. The van der Waals surface area contributed by atoms with Gasteiger partial charge in [-0.2, -0.15) is 0 Å². The lowest BCUT2D eigenvalue weighted by Gasteiger charge is -2.44. The van der Waals surface area contributed by atoms with Crippen LogP contribution >= 0.6 is 0 Å². The van der Waals surface area contributed by atoms with E-state index < -0.39 is 84.5 Å². The number of ether oxygens (including phenoxy) is 3. The standard InChI is InChI=1S/C44H54N8O12/c1-26(54)48-39-41(40(57)34(23-53)64-44(39)63-24-27-11-3-2-4-12-27)62-25-36(56)51-22-10-17-33(51)43(59)50-31(42(45)58)18-19-35(55)46-20-7-8-21-47-38-28-13-5-6-14-29(28)49-30-15-9-16-32(37(30)38)52(60)61/h2-6,9,11-16,31,33-34,39-41,44,53,57H,7-8,10,17-25H2,1H3,(H2,45,58)(H,46,55)(H,47,49)(H,48,54)(H,50,59). The van der Waals surface area contributed by atoms with Crippen molar-refractivity contribution in [3.8, 4) is 0 Å². The Bertz CT molecular complexity index is 2300. The number of nitro groups is 1. The van der Waals surface area contributed by atoms with E-state index in [0.29, 0.717) is 54.5 Å². The van der Waals surface area contributed by atoms with E-state index in [0.717, 1.165) is 10.9 Å². The van der Waals surface area contributed by atoms with Gasteiger partial charge in [0.15, 0.2) is 6.29 Å². The highest BCUT2D eigenvalue weighted by atomic mass is 16.7. The number of hydrogen-bond acceptors (Lipinski definition) is 14. The van der Waals surface area contributed by atoms with E-state index in [1.54, 1.807) is 12.1 Å². The largest absolute Gasteiger partial charge is 0.394 e. The van der Waals surface area contributed by atoms with Crippen molar-refractivity contribution in [1.29, 1.82) is 0 Å². The molecule has 2 saturated heterocycles. The number of nitro benzene ring substituents is 1. The van der Waals surface area contributed by atoms with Crippen molar-refractivity contribution in [1.82, 2.24) is 25.8 Å². The molecule has 64 heavy (non-hydrogen) atoms. The van der Waals surface area contributed by atoms with Crippen LogP contribution < -0.4 is 27.0 Å². The van der Waals surface area contributed by atoms with Crippen LogP contribution in [-0.4, -0.2) is 130 Å². The normalized spacial score (nSPS) is 21.3. The highest BCUT2D eigenvalue weighted by Gasteiger charge is 2.47. The Kier molecular flexibility index (Phi) is 16.5. The summed E-state index contributed by atoms with van der Waals surface area (Å²) < 4.78 is 17.7. The van der Waals surface area contributed by atoms with Crippen molar-refractivity contribution >= 4 is 62.7 Å².